The fraction of sp³-hybridized carbons (Fsp3) is 1.00. The summed E-state index contributed by atoms with van der Waals surface area (Å²) in [5.74, 6) is 5.28. The molecular weight excluding hydrogens is 306 g/mol. The normalized spacial score (nSPS) is 40.5. The molecule has 3 aliphatic carbocycles. The van der Waals surface area contributed by atoms with Gasteiger partial charge < -0.3 is 4.57 Å². The van der Waals surface area contributed by atoms with Gasteiger partial charge in [-0.25, -0.2) is 0 Å². The van der Waals surface area contributed by atoms with Gasteiger partial charge in [-0.15, -0.1) is 0 Å². The second-order valence-electron chi connectivity index (χ2n) is 10.9. The van der Waals surface area contributed by atoms with E-state index < -0.39 is 8.24 Å². The van der Waals surface area contributed by atoms with Gasteiger partial charge in [0.2, 0.25) is 0 Å². The van der Waals surface area contributed by atoms with E-state index in [9.17, 15) is 0 Å². The first-order valence-electron chi connectivity index (χ1n) is 11.0. The van der Waals surface area contributed by atoms with Crippen LogP contribution in [0.2, 0.25) is 18.6 Å². The van der Waals surface area contributed by atoms with Crippen LogP contribution in [0.25, 0.3) is 0 Å². The molecule has 0 amide bonds. The molecule has 0 aromatic heterocycles. The van der Waals surface area contributed by atoms with E-state index in [1.165, 1.54) is 19.4 Å². The molecule has 2 heteroatoms. The molecule has 0 saturated heterocycles. The molecule has 0 aliphatic heterocycles. The standard InChI is InChI=1S/C22H43NSi/c1-8-23(22(3,4)5)24(6,7)21-16(2)15-20-18-12-10-9-11-17(18)13-14-19(20)21/h16-21H,8-15H2,1-7H3. The zero-order valence-corrected chi connectivity index (χ0v) is 18.6. The number of hydrogen-bond acceptors (Lipinski definition) is 1. The molecule has 0 radical (unpaired) electrons. The van der Waals surface area contributed by atoms with Crippen LogP contribution in [0.1, 0.15) is 79.6 Å². The molecule has 0 spiro atoms. The van der Waals surface area contributed by atoms with Gasteiger partial charge in [0.25, 0.3) is 0 Å². The quantitative estimate of drug-likeness (QED) is 0.522. The van der Waals surface area contributed by atoms with E-state index in [-0.39, 0.29) is 0 Å². The Labute approximate surface area is 153 Å². The minimum atomic E-state index is -1.43. The number of rotatable bonds is 3. The molecule has 6 atom stereocenters. The second kappa shape index (κ2) is 6.72. The smallest absolute Gasteiger partial charge is 0.126 e. The Bertz CT molecular complexity index is 438. The molecule has 0 aromatic carbocycles. The summed E-state index contributed by atoms with van der Waals surface area (Å²) in [6.07, 6.45) is 10.8. The third kappa shape index (κ3) is 3.15. The van der Waals surface area contributed by atoms with Gasteiger partial charge in [-0.2, -0.15) is 0 Å². The molecule has 0 bridgehead atoms. The average Bonchev–Trinajstić information content (AvgIpc) is 2.83. The van der Waals surface area contributed by atoms with Gasteiger partial charge in [0.05, 0.1) is 0 Å². The molecule has 6 unspecified atom stereocenters. The summed E-state index contributed by atoms with van der Waals surface area (Å²) in [5.41, 5.74) is 1.34. The van der Waals surface area contributed by atoms with Crippen molar-refractivity contribution in [1.82, 2.24) is 4.57 Å². The molecule has 0 heterocycles. The van der Waals surface area contributed by atoms with Crippen LogP contribution in [-0.4, -0.2) is 24.9 Å². The van der Waals surface area contributed by atoms with Gasteiger partial charge in [-0.3, -0.25) is 0 Å². The first-order valence-corrected chi connectivity index (χ1v) is 14.0. The van der Waals surface area contributed by atoms with Crippen molar-refractivity contribution in [3.8, 4) is 0 Å². The molecule has 0 aromatic rings. The van der Waals surface area contributed by atoms with Gasteiger partial charge in [0.1, 0.15) is 8.24 Å². The lowest BCUT2D eigenvalue weighted by Gasteiger charge is -2.53. The fourth-order valence-electron chi connectivity index (χ4n) is 8.04. The third-order valence-electron chi connectivity index (χ3n) is 8.29. The molecule has 3 saturated carbocycles. The van der Waals surface area contributed by atoms with Crippen LogP contribution in [0, 0.1) is 29.6 Å². The molecule has 140 valence electrons. The largest absolute Gasteiger partial charge is 0.319 e. The zero-order valence-electron chi connectivity index (χ0n) is 17.6. The second-order valence-corrected chi connectivity index (χ2v) is 15.4. The average molecular weight is 350 g/mol. The Morgan fingerprint density at radius 3 is 2.21 bits per heavy atom. The van der Waals surface area contributed by atoms with Crippen LogP contribution in [-0.2, 0) is 0 Å². The maximum absolute atomic E-state index is 2.94. The minimum Gasteiger partial charge on any atom is -0.319 e. The maximum atomic E-state index is 2.94. The van der Waals surface area contributed by atoms with Crippen LogP contribution in [0.4, 0.5) is 0 Å². The highest BCUT2D eigenvalue weighted by Crippen LogP contribution is 2.61. The predicted molar refractivity (Wildman–Crippen MR) is 109 cm³/mol. The van der Waals surface area contributed by atoms with E-state index in [0.717, 1.165) is 35.1 Å². The molecule has 24 heavy (non-hydrogen) atoms. The number of fused-ring (bicyclic) bond motifs is 3. The van der Waals surface area contributed by atoms with E-state index in [2.05, 4.69) is 52.3 Å². The van der Waals surface area contributed by atoms with Crippen molar-refractivity contribution >= 4 is 8.24 Å². The number of hydrogen-bond donors (Lipinski definition) is 0. The molecule has 1 nitrogen and oxygen atoms in total. The summed E-state index contributed by atoms with van der Waals surface area (Å²) in [7, 11) is -1.43. The Morgan fingerprint density at radius 1 is 0.917 bits per heavy atom. The van der Waals surface area contributed by atoms with Crippen molar-refractivity contribution in [1.29, 1.82) is 0 Å². The van der Waals surface area contributed by atoms with E-state index in [1.54, 1.807) is 32.1 Å². The van der Waals surface area contributed by atoms with Crippen molar-refractivity contribution in [3.05, 3.63) is 0 Å². The maximum Gasteiger partial charge on any atom is 0.126 e. The van der Waals surface area contributed by atoms with Gasteiger partial charge in [0.15, 0.2) is 0 Å². The SMILES string of the molecule is CCN(C(C)(C)C)[Si](C)(C)C1C(C)CC2C3CCCCC3CCC21. The lowest BCUT2D eigenvalue weighted by molar-refractivity contribution is 0.0708. The van der Waals surface area contributed by atoms with Crippen LogP contribution in [0.15, 0.2) is 0 Å². The molecule has 0 N–H and O–H groups in total. The van der Waals surface area contributed by atoms with Crippen LogP contribution in [0.3, 0.4) is 0 Å². The summed E-state index contributed by atoms with van der Waals surface area (Å²) >= 11 is 0. The van der Waals surface area contributed by atoms with E-state index in [1.807, 2.05) is 0 Å². The predicted octanol–water partition coefficient (Wildman–Crippen LogP) is 6.55. The molecule has 3 aliphatic rings. The van der Waals surface area contributed by atoms with E-state index in [4.69, 9.17) is 0 Å². The van der Waals surface area contributed by atoms with Crippen molar-refractivity contribution in [3.63, 3.8) is 0 Å². The van der Waals surface area contributed by atoms with Crippen molar-refractivity contribution in [2.75, 3.05) is 6.54 Å². The Morgan fingerprint density at radius 2 is 1.58 bits per heavy atom. The zero-order chi connectivity index (χ0) is 17.7. The van der Waals surface area contributed by atoms with Gasteiger partial charge >= 0.3 is 0 Å². The summed E-state index contributed by atoms with van der Waals surface area (Å²) in [6, 6.07) is 0. The Kier molecular flexibility index (Phi) is 5.31. The Balaban J connectivity index is 1.86. The first-order chi connectivity index (χ1) is 11.2. The van der Waals surface area contributed by atoms with Gasteiger partial charge in [-0.05, 0) is 88.1 Å². The summed E-state index contributed by atoms with van der Waals surface area (Å²) in [4.78, 5) is 0. The lowest BCUT2D eigenvalue weighted by Crippen LogP contribution is -2.61. The number of nitrogens with zero attached hydrogens (tertiary/aromatic N) is 1. The summed E-state index contributed by atoms with van der Waals surface area (Å²) in [6.45, 7) is 19.0. The lowest BCUT2D eigenvalue weighted by atomic mass is 9.62. The monoisotopic (exact) mass is 349 g/mol. The van der Waals surface area contributed by atoms with Crippen LogP contribution >= 0.6 is 0 Å². The third-order valence-corrected chi connectivity index (χ3v) is 13.3. The highest BCUT2D eigenvalue weighted by molar-refractivity contribution is 6.76. The van der Waals surface area contributed by atoms with E-state index >= 15 is 0 Å². The molecule has 3 rings (SSSR count). The van der Waals surface area contributed by atoms with Crippen molar-refractivity contribution in [2.24, 2.45) is 29.6 Å². The highest BCUT2D eigenvalue weighted by atomic mass is 28.3. The molecular formula is C22H43NSi. The van der Waals surface area contributed by atoms with Crippen molar-refractivity contribution in [2.45, 2.75) is 104 Å². The minimum absolute atomic E-state index is 0.324. The molecule has 3 fully saturated rings. The van der Waals surface area contributed by atoms with Crippen LogP contribution < -0.4 is 0 Å². The van der Waals surface area contributed by atoms with Gasteiger partial charge in [-0.1, -0.05) is 46.2 Å². The van der Waals surface area contributed by atoms with Crippen LogP contribution in [0.5, 0.6) is 0 Å². The van der Waals surface area contributed by atoms with Crippen molar-refractivity contribution < 1.29 is 0 Å². The summed E-state index contributed by atoms with van der Waals surface area (Å²) in [5, 5.41) is 0. The topological polar surface area (TPSA) is 3.24 Å². The first kappa shape index (κ1) is 19.0. The Hall–Kier alpha value is 0.177. The summed E-state index contributed by atoms with van der Waals surface area (Å²) < 4.78 is 2.94. The highest BCUT2D eigenvalue weighted by Gasteiger charge is 2.56. The van der Waals surface area contributed by atoms with Gasteiger partial charge in [0, 0.05) is 5.54 Å². The fourth-order valence-corrected chi connectivity index (χ4v) is 13.9. The van der Waals surface area contributed by atoms with E-state index in [0.29, 0.717) is 5.54 Å².